The number of nitrogens with zero attached hydrogens (tertiary/aromatic N) is 1. The molecule has 1 rings (SSSR count). The lowest BCUT2D eigenvalue weighted by Gasteiger charge is -2.19. The minimum Gasteiger partial charge on any atom is -0.335 e. The molecule has 19 heavy (non-hydrogen) atoms. The Morgan fingerprint density at radius 1 is 1.26 bits per heavy atom. The second-order valence-electron chi connectivity index (χ2n) is 4.19. The number of carbonyl (C=O) groups excluding carboxylic acids is 1. The van der Waals surface area contributed by atoms with Crippen molar-refractivity contribution in [2.75, 3.05) is 13.1 Å². The third-order valence-corrected chi connectivity index (χ3v) is 2.72. The fourth-order valence-corrected chi connectivity index (χ4v) is 1.71. The Morgan fingerprint density at radius 3 is 2.63 bits per heavy atom. The zero-order chi connectivity index (χ0) is 13.9. The Bertz CT molecular complexity index is 446. The maximum Gasteiger partial charge on any atom is 0.246 e. The largest absolute Gasteiger partial charge is 0.335 e. The summed E-state index contributed by atoms with van der Waals surface area (Å²) in [6, 6.07) is 10.2. The Kier molecular flexibility index (Phi) is 7.03. The van der Waals surface area contributed by atoms with Gasteiger partial charge in [0.15, 0.2) is 0 Å². The van der Waals surface area contributed by atoms with Crippen molar-refractivity contribution < 1.29 is 4.79 Å². The standard InChI is InChI=1S/C17H21NO/c1-3-5-7-12-17(19)18(14-4-2)15-13-16-10-8-6-9-11-16/h3-12H,2,13-15H2,1H3. The first-order valence-corrected chi connectivity index (χ1v) is 6.51. The maximum atomic E-state index is 12.0. The lowest BCUT2D eigenvalue weighted by Crippen LogP contribution is -2.31. The number of hydrogen-bond acceptors (Lipinski definition) is 1. The number of carbonyl (C=O) groups is 1. The van der Waals surface area contributed by atoms with Gasteiger partial charge in [-0.25, -0.2) is 0 Å². The van der Waals surface area contributed by atoms with Crippen molar-refractivity contribution >= 4 is 5.91 Å². The smallest absolute Gasteiger partial charge is 0.246 e. The van der Waals surface area contributed by atoms with Crippen LogP contribution in [0, 0.1) is 0 Å². The van der Waals surface area contributed by atoms with Crippen LogP contribution in [0.1, 0.15) is 12.5 Å². The average molecular weight is 255 g/mol. The van der Waals surface area contributed by atoms with Crippen LogP contribution in [0.15, 0.2) is 67.3 Å². The highest BCUT2D eigenvalue weighted by Crippen LogP contribution is 2.02. The van der Waals surface area contributed by atoms with Crippen molar-refractivity contribution in [1.29, 1.82) is 0 Å². The zero-order valence-corrected chi connectivity index (χ0v) is 11.5. The molecular formula is C17H21NO. The summed E-state index contributed by atoms with van der Waals surface area (Å²) in [5.74, 6) is 0.0222. The van der Waals surface area contributed by atoms with Gasteiger partial charge < -0.3 is 4.90 Å². The van der Waals surface area contributed by atoms with E-state index < -0.39 is 0 Å². The summed E-state index contributed by atoms with van der Waals surface area (Å²) in [4.78, 5) is 13.8. The van der Waals surface area contributed by atoms with Gasteiger partial charge in [-0.1, -0.05) is 54.6 Å². The second-order valence-corrected chi connectivity index (χ2v) is 4.19. The van der Waals surface area contributed by atoms with Gasteiger partial charge in [-0.2, -0.15) is 0 Å². The van der Waals surface area contributed by atoms with Gasteiger partial charge in [0, 0.05) is 19.2 Å². The number of amides is 1. The van der Waals surface area contributed by atoms with Gasteiger partial charge in [0.05, 0.1) is 0 Å². The predicted octanol–water partition coefficient (Wildman–Crippen LogP) is 3.38. The van der Waals surface area contributed by atoms with E-state index >= 15 is 0 Å². The molecule has 100 valence electrons. The molecule has 0 saturated carbocycles. The lowest BCUT2D eigenvalue weighted by molar-refractivity contribution is -0.125. The van der Waals surface area contributed by atoms with Gasteiger partial charge in [0.25, 0.3) is 0 Å². The molecule has 0 spiro atoms. The van der Waals surface area contributed by atoms with Crippen molar-refractivity contribution in [3.05, 3.63) is 72.9 Å². The minimum atomic E-state index is 0.0222. The van der Waals surface area contributed by atoms with E-state index in [1.807, 2.05) is 37.3 Å². The van der Waals surface area contributed by atoms with E-state index in [2.05, 4.69) is 18.7 Å². The quantitative estimate of drug-likeness (QED) is 0.415. The fourth-order valence-electron chi connectivity index (χ4n) is 1.71. The van der Waals surface area contributed by atoms with Crippen LogP contribution in [0.5, 0.6) is 0 Å². The van der Waals surface area contributed by atoms with Crippen LogP contribution in [-0.4, -0.2) is 23.9 Å². The molecule has 0 aromatic heterocycles. The first-order valence-electron chi connectivity index (χ1n) is 6.51. The summed E-state index contributed by atoms with van der Waals surface area (Å²) in [5, 5.41) is 0. The highest BCUT2D eigenvalue weighted by molar-refractivity contribution is 5.88. The molecule has 1 aromatic rings. The molecule has 0 bridgehead atoms. The van der Waals surface area contributed by atoms with Crippen LogP contribution >= 0.6 is 0 Å². The molecule has 0 aliphatic rings. The summed E-state index contributed by atoms with van der Waals surface area (Å²) in [5.41, 5.74) is 1.24. The van der Waals surface area contributed by atoms with E-state index in [9.17, 15) is 4.79 Å². The van der Waals surface area contributed by atoms with Crippen LogP contribution in [0.2, 0.25) is 0 Å². The third kappa shape index (κ3) is 5.87. The lowest BCUT2D eigenvalue weighted by atomic mass is 10.1. The SMILES string of the molecule is C=CCN(CCc1ccccc1)C(=O)C=CC=CC. The van der Waals surface area contributed by atoms with Crippen molar-refractivity contribution in [3.8, 4) is 0 Å². The summed E-state index contributed by atoms with van der Waals surface area (Å²) < 4.78 is 0. The summed E-state index contributed by atoms with van der Waals surface area (Å²) >= 11 is 0. The molecule has 2 heteroatoms. The first kappa shape index (κ1) is 15.0. The molecule has 0 fully saturated rings. The Balaban J connectivity index is 2.57. The number of rotatable bonds is 7. The Morgan fingerprint density at radius 2 is 2.00 bits per heavy atom. The molecule has 1 aromatic carbocycles. The van der Waals surface area contributed by atoms with Gasteiger partial charge in [-0.05, 0) is 18.9 Å². The molecule has 0 aliphatic carbocycles. The van der Waals surface area contributed by atoms with Crippen LogP contribution < -0.4 is 0 Å². The topological polar surface area (TPSA) is 20.3 Å². The van der Waals surface area contributed by atoms with E-state index in [1.54, 1.807) is 23.1 Å². The van der Waals surface area contributed by atoms with Gasteiger partial charge in [0.2, 0.25) is 5.91 Å². The molecule has 1 amide bonds. The molecule has 0 radical (unpaired) electrons. The molecule has 0 atom stereocenters. The van der Waals surface area contributed by atoms with Crippen molar-refractivity contribution in [3.63, 3.8) is 0 Å². The van der Waals surface area contributed by atoms with Gasteiger partial charge in [0.1, 0.15) is 0 Å². The summed E-state index contributed by atoms with van der Waals surface area (Å²) in [7, 11) is 0. The van der Waals surface area contributed by atoms with E-state index in [4.69, 9.17) is 0 Å². The Labute approximate surface area is 115 Å². The molecule has 0 heterocycles. The molecule has 0 aliphatic heterocycles. The van der Waals surface area contributed by atoms with Crippen molar-refractivity contribution in [1.82, 2.24) is 4.90 Å². The normalized spacial score (nSPS) is 11.0. The maximum absolute atomic E-state index is 12.0. The van der Waals surface area contributed by atoms with E-state index in [-0.39, 0.29) is 5.91 Å². The van der Waals surface area contributed by atoms with Crippen LogP contribution in [0.4, 0.5) is 0 Å². The van der Waals surface area contributed by atoms with Crippen LogP contribution in [0.3, 0.4) is 0 Å². The van der Waals surface area contributed by atoms with Crippen molar-refractivity contribution in [2.45, 2.75) is 13.3 Å². The van der Waals surface area contributed by atoms with E-state index in [0.29, 0.717) is 13.1 Å². The molecular weight excluding hydrogens is 234 g/mol. The second kappa shape index (κ2) is 8.92. The Hall–Kier alpha value is -2.09. The monoisotopic (exact) mass is 255 g/mol. The van der Waals surface area contributed by atoms with Gasteiger partial charge >= 0.3 is 0 Å². The van der Waals surface area contributed by atoms with Gasteiger partial charge in [-0.15, -0.1) is 6.58 Å². The van der Waals surface area contributed by atoms with Crippen LogP contribution in [0.25, 0.3) is 0 Å². The van der Waals surface area contributed by atoms with Crippen molar-refractivity contribution in [2.24, 2.45) is 0 Å². The molecule has 0 N–H and O–H groups in total. The average Bonchev–Trinajstić information content (AvgIpc) is 2.44. The summed E-state index contributed by atoms with van der Waals surface area (Å²) in [6.07, 6.45) is 9.71. The highest BCUT2D eigenvalue weighted by Gasteiger charge is 2.08. The minimum absolute atomic E-state index is 0.0222. The van der Waals surface area contributed by atoms with E-state index in [1.165, 1.54) is 5.56 Å². The zero-order valence-electron chi connectivity index (χ0n) is 11.5. The van der Waals surface area contributed by atoms with Gasteiger partial charge in [-0.3, -0.25) is 4.79 Å². The van der Waals surface area contributed by atoms with E-state index in [0.717, 1.165) is 6.42 Å². The molecule has 0 saturated heterocycles. The highest BCUT2D eigenvalue weighted by atomic mass is 16.2. The fraction of sp³-hybridized carbons (Fsp3) is 0.235. The third-order valence-electron chi connectivity index (χ3n) is 2.72. The van der Waals surface area contributed by atoms with Crippen LogP contribution in [-0.2, 0) is 11.2 Å². The predicted molar refractivity (Wildman–Crippen MR) is 80.9 cm³/mol. The molecule has 2 nitrogen and oxygen atoms in total. The first-order chi connectivity index (χ1) is 9.27. The summed E-state index contributed by atoms with van der Waals surface area (Å²) in [6.45, 7) is 6.90. The molecule has 0 unspecified atom stereocenters. The number of hydrogen-bond donors (Lipinski definition) is 0. The number of benzene rings is 1. The number of allylic oxidation sites excluding steroid dienone is 3.